The number of amides is 1. The fraction of sp³-hybridized carbons (Fsp3) is 0.200. The van der Waals surface area contributed by atoms with Crippen molar-refractivity contribution in [2.75, 3.05) is 5.32 Å². The van der Waals surface area contributed by atoms with Gasteiger partial charge in [0.15, 0.2) is 0 Å². The lowest BCUT2D eigenvalue weighted by Crippen LogP contribution is -2.27. The van der Waals surface area contributed by atoms with Crippen molar-refractivity contribution >= 4 is 28.8 Å². The van der Waals surface area contributed by atoms with Gasteiger partial charge in [-0.05, 0) is 31.2 Å². The average Bonchev–Trinajstić information content (AvgIpc) is 2.98. The van der Waals surface area contributed by atoms with Crippen LogP contribution in [0, 0.1) is 0 Å². The van der Waals surface area contributed by atoms with Crippen molar-refractivity contribution in [1.82, 2.24) is 0 Å². The Morgan fingerprint density at radius 1 is 1.43 bits per heavy atom. The summed E-state index contributed by atoms with van der Waals surface area (Å²) in [6.45, 7) is 1.92. The Kier molecular flexibility index (Phi) is 5.08. The van der Waals surface area contributed by atoms with Crippen LogP contribution in [0.15, 0.2) is 47.1 Å². The molecule has 0 aliphatic heterocycles. The molecule has 0 saturated heterocycles. The van der Waals surface area contributed by atoms with E-state index < -0.39 is 6.10 Å². The molecule has 0 bridgehead atoms. The molecular weight excluding hydrogens is 288 g/mol. The molecule has 0 fully saturated rings. The summed E-state index contributed by atoms with van der Waals surface area (Å²) < 4.78 is 10.6. The molecule has 110 valence electrons. The molecule has 6 heteroatoms. The summed E-state index contributed by atoms with van der Waals surface area (Å²) in [4.78, 5) is 12.3. The number of rotatable bonds is 6. The lowest BCUT2D eigenvalue weighted by atomic mass is 10.2. The molecular formula is C15H16N2O3S. The zero-order valence-electron chi connectivity index (χ0n) is 11.5. The molecule has 1 aromatic carbocycles. The average molecular weight is 304 g/mol. The smallest absolute Gasteiger partial charge is 0.253 e. The van der Waals surface area contributed by atoms with Gasteiger partial charge < -0.3 is 20.2 Å². The first-order valence-corrected chi connectivity index (χ1v) is 6.82. The van der Waals surface area contributed by atoms with Gasteiger partial charge in [0.2, 0.25) is 0 Å². The number of nitrogens with two attached hydrogens (primary N) is 1. The minimum absolute atomic E-state index is 0.245. The Labute approximate surface area is 128 Å². The number of thiocarbonyl (C=S) groups is 1. The summed E-state index contributed by atoms with van der Waals surface area (Å²) in [6.07, 6.45) is 0.952. The molecule has 21 heavy (non-hydrogen) atoms. The third-order valence-electron chi connectivity index (χ3n) is 2.84. The highest BCUT2D eigenvalue weighted by Gasteiger charge is 2.14. The molecule has 2 aromatic rings. The number of anilines is 1. The van der Waals surface area contributed by atoms with E-state index >= 15 is 0 Å². The maximum Gasteiger partial charge on any atom is 0.253 e. The van der Waals surface area contributed by atoms with Crippen molar-refractivity contribution < 1.29 is 13.9 Å². The van der Waals surface area contributed by atoms with Gasteiger partial charge in [0.1, 0.15) is 23.5 Å². The van der Waals surface area contributed by atoms with E-state index in [-0.39, 0.29) is 17.5 Å². The number of hydrogen-bond acceptors (Lipinski definition) is 4. The number of furan rings is 1. The molecule has 5 nitrogen and oxygen atoms in total. The Balaban J connectivity index is 1.91. The SMILES string of the molecule is CC(OCc1ccco1)C(=O)Nc1cccc(C(N)=S)c1. The summed E-state index contributed by atoms with van der Waals surface area (Å²) >= 11 is 4.90. The number of benzene rings is 1. The van der Waals surface area contributed by atoms with Crippen LogP contribution in [0.3, 0.4) is 0 Å². The van der Waals surface area contributed by atoms with Crippen molar-refractivity contribution in [2.24, 2.45) is 5.73 Å². The zero-order chi connectivity index (χ0) is 15.2. The summed E-state index contributed by atoms with van der Waals surface area (Å²) in [5.74, 6) is 0.423. The highest BCUT2D eigenvalue weighted by atomic mass is 32.1. The van der Waals surface area contributed by atoms with Crippen LogP contribution in [0.2, 0.25) is 0 Å². The monoisotopic (exact) mass is 304 g/mol. The van der Waals surface area contributed by atoms with Crippen LogP contribution in [0.1, 0.15) is 18.2 Å². The van der Waals surface area contributed by atoms with Crippen LogP contribution in [-0.2, 0) is 16.1 Å². The molecule has 1 unspecified atom stereocenters. The van der Waals surface area contributed by atoms with E-state index in [2.05, 4.69) is 5.32 Å². The first-order chi connectivity index (χ1) is 10.1. The van der Waals surface area contributed by atoms with Crippen LogP contribution >= 0.6 is 12.2 Å². The largest absolute Gasteiger partial charge is 0.467 e. The van der Waals surface area contributed by atoms with E-state index in [1.807, 2.05) is 0 Å². The first-order valence-electron chi connectivity index (χ1n) is 6.41. The fourth-order valence-corrected chi connectivity index (χ4v) is 1.80. The lowest BCUT2D eigenvalue weighted by Gasteiger charge is -2.13. The normalized spacial score (nSPS) is 11.9. The minimum atomic E-state index is -0.608. The lowest BCUT2D eigenvalue weighted by molar-refractivity contribution is -0.127. The van der Waals surface area contributed by atoms with Crippen LogP contribution in [0.25, 0.3) is 0 Å². The molecule has 0 aliphatic rings. The van der Waals surface area contributed by atoms with Gasteiger partial charge in [0.25, 0.3) is 5.91 Å². The topological polar surface area (TPSA) is 77.5 Å². The number of hydrogen-bond donors (Lipinski definition) is 2. The predicted molar refractivity (Wildman–Crippen MR) is 83.9 cm³/mol. The molecule has 0 radical (unpaired) electrons. The number of nitrogens with one attached hydrogen (secondary N) is 1. The molecule has 3 N–H and O–H groups in total. The maximum absolute atomic E-state index is 12.0. The standard InChI is InChI=1S/C15H16N2O3S/c1-10(20-9-13-6-3-7-19-13)15(18)17-12-5-2-4-11(8-12)14(16)21/h2-8,10H,9H2,1H3,(H2,16,21)(H,17,18). The Bertz CT molecular complexity index is 626. The van der Waals surface area contributed by atoms with Crippen molar-refractivity contribution in [1.29, 1.82) is 0 Å². The van der Waals surface area contributed by atoms with Crippen LogP contribution in [-0.4, -0.2) is 17.0 Å². The third kappa shape index (κ3) is 4.40. The molecule has 1 aromatic heterocycles. The summed E-state index contributed by atoms with van der Waals surface area (Å²) in [5.41, 5.74) is 6.88. The second-order valence-electron chi connectivity index (χ2n) is 4.47. The van der Waals surface area contributed by atoms with E-state index in [1.54, 1.807) is 49.6 Å². The van der Waals surface area contributed by atoms with Crippen molar-refractivity contribution in [2.45, 2.75) is 19.6 Å². The van der Waals surface area contributed by atoms with Crippen LogP contribution in [0.4, 0.5) is 5.69 Å². The number of carbonyl (C=O) groups excluding carboxylic acids is 1. The van der Waals surface area contributed by atoms with E-state index in [4.69, 9.17) is 27.1 Å². The molecule has 1 atom stereocenters. The van der Waals surface area contributed by atoms with Gasteiger partial charge in [-0.25, -0.2) is 0 Å². The molecule has 1 amide bonds. The highest BCUT2D eigenvalue weighted by molar-refractivity contribution is 7.80. The van der Waals surface area contributed by atoms with E-state index in [0.29, 0.717) is 17.0 Å². The second kappa shape index (κ2) is 7.01. The fourth-order valence-electron chi connectivity index (χ4n) is 1.67. The van der Waals surface area contributed by atoms with Gasteiger partial charge in [0, 0.05) is 11.3 Å². The summed E-state index contributed by atoms with van der Waals surface area (Å²) in [5, 5.41) is 2.76. The minimum Gasteiger partial charge on any atom is -0.467 e. The van der Waals surface area contributed by atoms with Gasteiger partial charge in [0.05, 0.1) is 6.26 Å². The number of ether oxygens (including phenoxy) is 1. The van der Waals surface area contributed by atoms with Crippen molar-refractivity contribution in [3.8, 4) is 0 Å². The van der Waals surface area contributed by atoms with Gasteiger partial charge in [-0.15, -0.1) is 0 Å². The molecule has 0 saturated carbocycles. The Hall–Kier alpha value is -2.18. The van der Waals surface area contributed by atoms with Gasteiger partial charge in [-0.2, -0.15) is 0 Å². The molecule has 1 heterocycles. The summed E-state index contributed by atoms with van der Waals surface area (Å²) in [7, 11) is 0. The predicted octanol–water partition coefficient (Wildman–Crippen LogP) is 2.46. The van der Waals surface area contributed by atoms with Crippen LogP contribution < -0.4 is 11.1 Å². The van der Waals surface area contributed by atoms with Gasteiger partial charge >= 0.3 is 0 Å². The Morgan fingerprint density at radius 3 is 2.90 bits per heavy atom. The molecule has 0 spiro atoms. The number of carbonyl (C=O) groups is 1. The zero-order valence-corrected chi connectivity index (χ0v) is 12.4. The van der Waals surface area contributed by atoms with Crippen molar-refractivity contribution in [3.63, 3.8) is 0 Å². The van der Waals surface area contributed by atoms with E-state index in [0.717, 1.165) is 0 Å². The van der Waals surface area contributed by atoms with Crippen LogP contribution in [0.5, 0.6) is 0 Å². The van der Waals surface area contributed by atoms with Gasteiger partial charge in [-0.1, -0.05) is 24.4 Å². The van der Waals surface area contributed by atoms with E-state index in [9.17, 15) is 4.79 Å². The van der Waals surface area contributed by atoms with E-state index in [1.165, 1.54) is 0 Å². The van der Waals surface area contributed by atoms with Gasteiger partial charge in [-0.3, -0.25) is 4.79 Å². The molecule has 2 rings (SSSR count). The quantitative estimate of drug-likeness (QED) is 0.802. The molecule has 0 aliphatic carbocycles. The maximum atomic E-state index is 12.0. The third-order valence-corrected chi connectivity index (χ3v) is 3.08. The second-order valence-corrected chi connectivity index (χ2v) is 4.91. The highest BCUT2D eigenvalue weighted by Crippen LogP contribution is 2.12. The first kappa shape index (κ1) is 15.2. The summed E-state index contributed by atoms with van der Waals surface area (Å²) in [6, 6.07) is 10.6. The van der Waals surface area contributed by atoms with Crippen molar-refractivity contribution in [3.05, 3.63) is 54.0 Å². The Morgan fingerprint density at radius 2 is 2.24 bits per heavy atom.